The van der Waals surface area contributed by atoms with Crippen LogP contribution in [0.1, 0.15) is 10.4 Å². The fourth-order valence-corrected chi connectivity index (χ4v) is 5.19. The molecular formula is C9H9Br2NO4S2. The fraction of sp³-hybridized carbons (Fsp3) is 0.333. The first-order valence-electron chi connectivity index (χ1n) is 4.64. The molecule has 100 valence electrons. The topological polar surface area (TPSA) is 80.3 Å². The molecule has 1 aromatic rings. The standard InChI is InChI=1S/C9H9Br2NO4S2/c1-12-8(14)4-18(15,16)3-6(13)5-2-7(10)17-9(5)11/h2H,3-4H2,1H3,(H,12,14). The van der Waals surface area contributed by atoms with Crippen LogP contribution in [-0.2, 0) is 14.6 Å². The van der Waals surface area contributed by atoms with E-state index in [4.69, 9.17) is 0 Å². The SMILES string of the molecule is CNC(=O)CS(=O)(=O)CC(=O)c1cc(Br)sc1Br. The van der Waals surface area contributed by atoms with Gasteiger partial charge in [0.2, 0.25) is 5.91 Å². The molecule has 0 fully saturated rings. The van der Waals surface area contributed by atoms with E-state index in [0.29, 0.717) is 9.35 Å². The third kappa shape index (κ3) is 4.45. The van der Waals surface area contributed by atoms with E-state index in [1.807, 2.05) is 0 Å². The number of carbonyl (C=O) groups excluding carboxylic acids is 2. The molecule has 0 unspecified atom stereocenters. The van der Waals surface area contributed by atoms with E-state index in [9.17, 15) is 18.0 Å². The summed E-state index contributed by atoms with van der Waals surface area (Å²) in [6, 6.07) is 1.55. The van der Waals surface area contributed by atoms with Crippen molar-refractivity contribution in [2.75, 3.05) is 18.6 Å². The summed E-state index contributed by atoms with van der Waals surface area (Å²) in [6.45, 7) is 0. The number of hydrogen-bond donors (Lipinski definition) is 1. The van der Waals surface area contributed by atoms with Gasteiger partial charge in [-0.2, -0.15) is 0 Å². The Kier molecular flexibility index (Phi) is 5.50. The first-order valence-corrected chi connectivity index (χ1v) is 8.86. The van der Waals surface area contributed by atoms with Crippen LogP contribution in [0.5, 0.6) is 0 Å². The van der Waals surface area contributed by atoms with Crippen molar-refractivity contribution in [3.05, 3.63) is 19.2 Å². The van der Waals surface area contributed by atoms with Gasteiger partial charge in [0.1, 0.15) is 11.5 Å². The van der Waals surface area contributed by atoms with Crippen LogP contribution in [0.2, 0.25) is 0 Å². The minimum absolute atomic E-state index is 0.298. The predicted octanol–water partition coefficient (Wildman–Crippen LogP) is 1.62. The first-order chi connectivity index (χ1) is 8.25. The van der Waals surface area contributed by atoms with E-state index >= 15 is 0 Å². The molecular weight excluding hydrogens is 410 g/mol. The lowest BCUT2D eigenvalue weighted by molar-refractivity contribution is -0.118. The average molecular weight is 419 g/mol. The molecule has 0 aliphatic heterocycles. The molecule has 0 aliphatic rings. The summed E-state index contributed by atoms with van der Waals surface area (Å²) in [4.78, 5) is 22.8. The van der Waals surface area contributed by atoms with E-state index < -0.39 is 33.0 Å². The van der Waals surface area contributed by atoms with Crippen molar-refractivity contribution >= 4 is 64.7 Å². The van der Waals surface area contributed by atoms with Crippen LogP contribution in [0, 0.1) is 0 Å². The van der Waals surface area contributed by atoms with Crippen LogP contribution < -0.4 is 5.32 Å². The van der Waals surface area contributed by atoms with E-state index in [2.05, 4.69) is 37.2 Å². The van der Waals surface area contributed by atoms with Crippen molar-refractivity contribution in [1.29, 1.82) is 0 Å². The van der Waals surface area contributed by atoms with Crippen LogP contribution >= 0.6 is 43.2 Å². The Bertz CT molecular complexity index is 579. The second kappa shape index (κ2) is 6.27. The highest BCUT2D eigenvalue weighted by Gasteiger charge is 2.23. The van der Waals surface area contributed by atoms with Gasteiger partial charge in [-0.25, -0.2) is 8.42 Å². The number of Topliss-reactive ketones (excluding diaryl/α,β-unsaturated/α-hetero) is 1. The summed E-state index contributed by atoms with van der Waals surface area (Å²) in [5, 5.41) is 2.21. The van der Waals surface area contributed by atoms with Crippen molar-refractivity contribution in [3.8, 4) is 0 Å². The molecule has 1 N–H and O–H groups in total. The maximum Gasteiger partial charge on any atom is 0.234 e. The minimum atomic E-state index is -3.74. The summed E-state index contributed by atoms with van der Waals surface area (Å²) < 4.78 is 24.5. The Labute approximate surface area is 125 Å². The third-order valence-corrected chi connectivity index (χ3v) is 5.68. The molecule has 0 aromatic carbocycles. The van der Waals surface area contributed by atoms with Gasteiger partial charge in [0.15, 0.2) is 15.6 Å². The lowest BCUT2D eigenvalue weighted by atomic mass is 10.2. The zero-order valence-corrected chi connectivity index (χ0v) is 14.0. The molecule has 0 saturated heterocycles. The largest absolute Gasteiger partial charge is 0.358 e. The van der Waals surface area contributed by atoms with Gasteiger partial charge in [-0.1, -0.05) is 0 Å². The average Bonchev–Trinajstić information content (AvgIpc) is 2.56. The van der Waals surface area contributed by atoms with Gasteiger partial charge in [0, 0.05) is 12.6 Å². The Hall–Kier alpha value is -0.250. The second-order valence-electron chi connectivity index (χ2n) is 3.37. The van der Waals surface area contributed by atoms with Gasteiger partial charge in [-0.05, 0) is 37.9 Å². The molecule has 0 aliphatic carbocycles. The molecule has 1 amide bonds. The molecule has 0 spiro atoms. The van der Waals surface area contributed by atoms with E-state index in [1.54, 1.807) is 6.07 Å². The summed E-state index contributed by atoms with van der Waals surface area (Å²) in [7, 11) is -2.40. The maximum absolute atomic E-state index is 11.8. The van der Waals surface area contributed by atoms with Gasteiger partial charge >= 0.3 is 0 Å². The number of halogens is 2. The smallest absolute Gasteiger partial charge is 0.234 e. The van der Waals surface area contributed by atoms with Crippen LogP contribution in [0.4, 0.5) is 0 Å². The van der Waals surface area contributed by atoms with Crippen LogP contribution in [0.25, 0.3) is 0 Å². The Balaban J connectivity index is 2.82. The predicted molar refractivity (Wildman–Crippen MR) is 76.8 cm³/mol. The van der Waals surface area contributed by atoms with E-state index in [1.165, 1.54) is 18.4 Å². The molecule has 18 heavy (non-hydrogen) atoms. The van der Waals surface area contributed by atoms with Crippen LogP contribution in [0.15, 0.2) is 13.6 Å². The number of rotatable bonds is 5. The quantitative estimate of drug-likeness (QED) is 0.736. The minimum Gasteiger partial charge on any atom is -0.358 e. The van der Waals surface area contributed by atoms with Gasteiger partial charge in [-0.3, -0.25) is 9.59 Å². The van der Waals surface area contributed by atoms with Gasteiger partial charge in [0.05, 0.1) is 7.57 Å². The molecule has 1 heterocycles. The summed E-state index contributed by atoms with van der Waals surface area (Å²) in [6.07, 6.45) is 0. The van der Waals surface area contributed by atoms with Gasteiger partial charge in [0.25, 0.3) is 0 Å². The van der Waals surface area contributed by atoms with Gasteiger partial charge < -0.3 is 5.32 Å². The molecule has 0 saturated carbocycles. The Morgan fingerprint density at radius 1 is 1.33 bits per heavy atom. The fourth-order valence-electron chi connectivity index (χ4n) is 1.13. The monoisotopic (exact) mass is 417 g/mol. The second-order valence-corrected chi connectivity index (χ2v) is 9.18. The van der Waals surface area contributed by atoms with Crippen LogP contribution in [0.3, 0.4) is 0 Å². The normalized spacial score (nSPS) is 11.3. The van der Waals surface area contributed by atoms with Crippen molar-refractivity contribution in [1.82, 2.24) is 5.32 Å². The molecule has 0 atom stereocenters. The highest BCUT2D eigenvalue weighted by Crippen LogP contribution is 2.32. The van der Waals surface area contributed by atoms with Crippen molar-refractivity contribution < 1.29 is 18.0 Å². The molecule has 0 radical (unpaired) electrons. The number of hydrogen-bond acceptors (Lipinski definition) is 5. The summed E-state index contributed by atoms with van der Waals surface area (Å²) >= 11 is 7.67. The summed E-state index contributed by atoms with van der Waals surface area (Å²) in [5.41, 5.74) is 0.298. The molecule has 1 rings (SSSR count). The zero-order chi connectivity index (χ0) is 13.9. The number of ketones is 1. The van der Waals surface area contributed by atoms with Crippen molar-refractivity contribution in [2.45, 2.75) is 0 Å². The van der Waals surface area contributed by atoms with E-state index in [-0.39, 0.29) is 0 Å². The number of nitrogens with one attached hydrogen (secondary N) is 1. The summed E-state index contributed by atoms with van der Waals surface area (Å²) in [5.74, 6) is -2.53. The lowest BCUT2D eigenvalue weighted by Gasteiger charge is -2.02. The molecule has 9 heteroatoms. The molecule has 1 aromatic heterocycles. The lowest BCUT2D eigenvalue weighted by Crippen LogP contribution is -2.30. The van der Waals surface area contributed by atoms with E-state index in [0.717, 1.165) is 3.79 Å². The number of carbonyl (C=O) groups is 2. The molecule has 0 bridgehead atoms. The zero-order valence-electron chi connectivity index (χ0n) is 9.20. The number of thiophene rings is 1. The third-order valence-electron chi connectivity index (χ3n) is 1.94. The van der Waals surface area contributed by atoms with Crippen molar-refractivity contribution in [2.24, 2.45) is 0 Å². The Morgan fingerprint density at radius 2 is 1.94 bits per heavy atom. The maximum atomic E-state index is 11.8. The van der Waals surface area contributed by atoms with Crippen LogP contribution in [-0.4, -0.2) is 38.7 Å². The Morgan fingerprint density at radius 3 is 2.39 bits per heavy atom. The first kappa shape index (κ1) is 15.8. The number of amides is 1. The highest BCUT2D eigenvalue weighted by atomic mass is 79.9. The number of sulfone groups is 1. The van der Waals surface area contributed by atoms with Crippen molar-refractivity contribution in [3.63, 3.8) is 0 Å². The van der Waals surface area contributed by atoms with Gasteiger partial charge in [-0.15, -0.1) is 11.3 Å². The highest BCUT2D eigenvalue weighted by molar-refractivity contribution is 9.12. The molecule has 5 nitrogen and oxygen atoms in total.